The highest BCUT2D eigenvalue weighted by Crippen LogP contribution is 2.49. The van der Waals surface area contributed by atoms with Gasteiger partial charge in [-0.25, -0.2) is 0 Å². The molecule has 18 heavy (non-hydrogen) atoms. The van der Waals surface area contributed by atoms with Crippen LogP contribution in [-0.4, -0.2) is 17.6 Å². The standard InChI is InChI=1S/C12H15BrClN3O/c13-9-2-1-8(14)5-10(9)16-7-12(3-4-12)6-11(15)17-18/h1-2,5,16,18H,3-4,6-7H2,(H2,15,17). The summed E-state index contributed by atoms with van der Waals surface area (Å²) in [5, 5.41) is 15.7. The zero-order chi connectivity index (χ0) is 13.2. The van der Waals surface area contributed by atoms with Crippen molar-refractivity contribution in [3.8, 4) is 0 Å². The Labute approximate surface area is 119 Å². The van der Waals surface area contributed by atoms with Crippen molar-refractivity contribution in [3.05, 3.63) is 27.7 Å². The van der Waals surface area contributed by atoms with Gasteiger partial charge in [0, 0.05) is 28.1 Å². The van der Waals surface area contributed by atoms with Crippen LogP contribution in [0, 0.1) is 5.41 Å². The Balaban J connectivity index is 1.97. The molecule has 0 amide bonds. The van der Waals surface area contributed by atoms with E-state index in [1.165, 1.54) is 0 Å². The quantitative estimate of drug-likeness (QED) is 0.335. The Bertz CT molecular complexity index is 474. The van der Waals surface area contributed by atoms with E-state index < -0.39 is 0 Å². The third kappa shape index (κ3) is 3.29. The lowest BCUT2D eigenvalue weighted by atomic mass is 10.0. The molecule has 0 saturated heterocycles. The monoisotopic (exact) mass is 331 g/mol. The highest BCUT2D eigenvalue weighted by atomic mass is 79.9. The molecule has 0 bridgehead atoms. The summed E-state index contributed by atoms with van der Waals surface area (Å²) >= 11 is 9.43. The molecule has 1 aliphatic carbocycles. The van der Waals surface area contributed by atoms with Gasteiger partial charge in [-0.2, -0.15) is 0 Å². The number of halogens is 2. The van der Waals surface area contributed by atoms with Gasteiger partial charge in [0.1, 0.15) is 5.84 Å². The lowest BCUT2D eigenvalue weighted by Crippen LogP contribution is -2.23. The molecule has 0 atom stereocenters. The molecule has 1 saturated carbocycles. The number of nitrogens with one attached hydrogen (secondary N) is 1. The Morgan fingerprint density at radius 2 is 2.28 bits per heavy atom. The molecule has 0 radical (unpaired) electrons. The van der Waals surface area contributed by atoms with Crippen molar-refractivity contribution in [2.45, 2.75) is 19.3 Å². The van der Waals surface area contributed by atoms with Crippen LogP contribution < -0.4 is 11.1 Å². The third-order valence-corrected chi connectivity index (χ3v) is 4.15. The Morgan fingerprint density at radius 1 is 1.56 bits per heavy atom. The molecule has 6 heteroatoms. The van der Waals surface area contributed by atoms with Crippen LogP contribution in [0.3, 0.4) is 0 Å². The maximum absolute atomic E-state index is 8.61. The molecule has 1 aromatic rings. The summed E-state index contributed by atoms with van der Waals surface area (Å²) in [5.74, 6) is 0.291. The number of anilines is 1. The van der Waals surface area contributed by atoms with Crippen molar-refractivity contribution in [3.63, 3.8) is 0 Å². The van der Waals surface area contributed by atoms with Crippen LogP contribution in [0.15, 0.2) is 27.8 Å². The summed E-state index contributed by atoms with van der Waals surface area (Å²) in [7, 11) is 0. The zero-order valence-electron chi connectivity index (χ0n) is 9.79. The van der Waals surface area contributed by atoms with Crippen LogP contribution in [-0.2, 0) is 0 Å². The Morgan fingerprint density at radius 3 is 2.89 bits per heavy atom. The summed E-state index contributed by atoms with van der Waals surface area (Å²) in [6.45, 7) is 0.794. The maximum atomic E-state index is 8.61. The molecule has 0 heterocycles. The molecule has 1 aliphatic rings. The van der Waals surface area contributed by atoms with Gasteiger partial charge in [-0.05, 0) is 52.4 Å². The van der Waals surface area contributed by atoms with E-state index in [1.807, 2.05) is 18.2 Å². The minimum atomic E-state index is 0.123. The van der Waals surface area contributed by atoms with Crippen molar-refractivity contribution in [1.29, 1.82) is 0 Å². The lowest BCUT2D eigenvalue weighted by molar-refractivity contribution is 0.315. The zero-order valence-corrected chi connectivity index (χ0v) is 12.1. The average molecular weight is 333 g/mol. The smallest absolute Gasteiger partial charge is 0.139 e. The molecule has 98 valence electrons. The van der Waals surface area contributed by atoms with Gasteiger partial charge in [0.25, 0.3) is 0 Å². The van der Waals surface area contributed by atoms with Gasteiger partial charge < -0.3 is 16.3 Å². The van der Waals surface area contributed by atoms with Gasteiger partial charge in [0.05, 0.1) is 0 Å². The number of nitrogens with two attached hydrogens (primary N) is 1. The molecule has 1 fully saturated rings. The molecule has 2 rings (SSSR count). The number of hydrogen-bond donors (Lipinski definition) is 3. The van der Waals surface area contributed by atoms with E-state index in [0.717, 1.165) is 29.5 Å². The predicted octanol–water partition coefficient (Wildman–Crippen LogP) is 3.43. The fourth-order valence-corrected chi connectivity index (χ4v) is 2.49. The second kappa shape index (κ2) is 5.36. The van der Waals surface area contributed by atoms with Crippen LogP contribution in [0.1, 0.15) is 19.3 Å². The average Bonchev–Trinajstić information content (AvgIpc) is 3.10. The largest absolute Gasteiger partial charge is 0.409 e. The number of hydrogen-bond acceptors (Lipinski definition) is 3. The first kappa shape index (κ1) is 13.5. The van der Waals surface area contributed by atoms with Crippen molar-refractivity contribution >= 4 is 39.1 Å². The highest BCUT2D eigenvalue weighted by molar-refractivity contribution is 9.10. The molecule has 4 N–H and O–H groups in total. The lowest BCUT2D eigenvalue weighted by Gasteiger charge is -2.17. The van der Waals surface area contributed by atoms with Crippen LogP contribution >= 0.6 is 27.5 Å². The fraction of sp³-hybridized carbons (Fsp3) is 0.417. The molecule has 0 aliphatic heterocycles. The van der Waals surface area contributed by atoms with E-state index in [1.54, 1.807) is 0 Å². The van der Waals surface area contributed by atoms with Gasteiger partial charge in [0.15, 0.2) is 0 Å². The second-order valence-corrected chi connectivity index (χ2v) is 6.04. The van der Waals surface area contributed by atoms with E-state index in [9.17, 15) is 0 Å². The topological polar surface area (TPSA) is 70.6 Å². The van der Waals surface area contributed by atoms with Crippen molar-refractivity contribution in [2.75, 3.05) is 11.9 Å². The molecule has 4 nitrogen and oxygen atoms in total. The van der Waals surface area contributed by atoms with E-state index >= 15 is 0 Å². The summed E-state index contributed by atoms with van der Waals surface area (Å²) in [5.41, 5.74) is 6.65. The van der Waals surface area contributed by atoms with Crippen LogP contribution in [0.4, 0.5) is 5.69 Å². The van der Waals surface area contributed by atoms with E-state index in [0.29, 0.717) is 17.3 Å². The molecular formula is C12H15BrClN3O. The summed E-state index contributed by atoms with van der Waals surface area (Å²) in [6, 6.07) is 5.62. The number of rotatable bonds is 5. The SMILES string of the molecule is N/C(CC1(CNc2cc(Cl)ccc2Br)CC1)=N/O. The van der Waals surface area contributed by atoms with Gasteiger partial charge in [-0.3, -0.25) is 0 Å². The molecule has 1 aromatic carbocycles. The number of benzene rings is 1. The van der Waals surface area contributed by atoms with Crippen molar-refractivity contribution in [2.24, 2.45) is 16.3 Å². The number of nitrogens with zero attached hydrogens (tertiary/aromatic N) is 1. The number of amidine groups is 1. The third-order valence-electron chi connectivity index (χ3n) is 3.22. The predicted molar refractivity (Wildman–Crippen MR) is 77.3 cm³/mol. The maximum Gasteiger partial charge on any atom is 0.139 e. The van der Waals surface area contributed by atoms with Gasteiger partial charge in [0.2, 0.25) is 0 Å². The highest BCUT2D eigenvalue weighted by Gasteiger charge is 2.43. The van der Waals surface area contributed by atoms with Crippen LogP contribution in [0.2, 0.25) is 5.02 Å². The van der Waals surface area contributed by atoms with E-state index in [-0.39, 0.29) is 5.41 Å². The molecule has 0 aromatic heterocycles. The van der Waals surface area contributed by atoms with Gasteiger partial charge >= 0.3 is 0 Å². The summed E-state index contributed by atoms with van der Waals surface area (Å²) in [4.78, 5) is 0. The Hall–Kier alpha value is -0.940. The minimum absolute atomic E-state index is 0.123. The van der Waals surface area contributed by atoms with Crippen LogP contribution in [0.5, 0.6) is 0 Å². The minimum Gasteiger partial charge on any atom is -0.409 e. The molecule has 0 unspecified atom stereocenters. The molecule has 0 spiro atoms. The van der Waals surface area contributed by atoms with Crippen molar-refractivity contribution < 1.29 is 5.21 Å². The fourth-order valence-electron chi connectivity index (χ4n) is 1.93. The van der Waals surface area contributed by atoms with Gasteiger partial charge in [-0.15, -0.1) is 0 Å². The summed E-state index contributed by atoms with van der Waals surface area (Å²) < 4.78 is 0.978. The van der Waals surface area contributed by atoms with E-state index in [2.05, 4.69) is 26.4 Å². The Kier molecular flexibility index (Phi) is 4.02. The first-order valence-corrected chi connectivity index (χ1v) is 6.87. The van der Waals surface area contributed by atoms with Crippen LogP contribution in [0.25, 0.3) is 0 Å². The first-order valence-electron chi connectivity index (χ1n) is 5.70. The first-order chi connectivity index (χ1) is 8.54. The summed E-state index contributed by atoms with van der Waals surface area (Å²) in [6.07, 6.45) is 2.80. The van der Waals surface area contributed by atoms with Crippen molar-refractivity contribution in [1.82, 2.24) is 0 Å². The van der Waals surface area contributed by atoms with Gasteiger partial charge in [-0.1, -0.05) is 16.8 Å². The second-order valence-electron chi connectivity index (χ2n) is 4.75. The molecular weight excluding hydrogens is 318 g/mol. The number of oxime groups is 1. The van der Waals surface area contributed by atoms with E-state index in [4.69, 9.17) is 22.5 Å². The normalized spacial score (nSPS) is 17.6.